The molecular weight excluding hydrogens is 275 g/mol. The Kier molecular flexibility index (Phi) is 2.72. The van der Waals surface area contributed by atoms with E-state index in [0.717, 1.165) is 21.0 Å². The van der Waals surface area contributed by atoms with E-state index in [2.05, 4.69) is 29.1 Å². The Balaban J connectivity index is 2.86. The maximum atomic E-state index is 5.93. The van der Waals surface area contributed by atoms with Gasteiger partial charge in [-0.3, -0.25) is 0 Å². The second-order valence-electron chi connectivity index (χ2n) is 3.09. The van der Waals surface area contributed by atoms with Crippen molar-refractivity contribution < 1.29 is 4.42 Å². The maximum absolute atomic E-state index is 5.93. The molecule has 0 atom stereocenters. The summed E-state index contributed by atoms with van der Waals surface area (Å²) < 4.78 is 6.56. The Morgan fingerprint density at radius 3 is 2.80 bits per heavy atom. The highest BCUT2D eigenvalue weighted by atomic mass is 79.9. The van der Waals surface area contributed by atoms with E-state index < -0.39 is 0 Å². The van der Waals surface area contributed by atoms with Crippen LogP contribution in [0.25, 0.3) is 22.1 Å². The second-order valence-corrected chi connectivity index (χ2v) is 4.46. The van der Waals surface area contributed by atoms with Crippen LogP contribution in [0, 0.1) is 0 Å². The van der Waals surface area contributed by atoms with E-state index >= 15 is 0 Å². The van der Waals surface area contributed by atoms with Crippen molar-refractivity contribution in [1.82, 2.24) is 0 Å². The third-order valence-corrected chi connectivity index (χ3v) is 2.82. The summed E-state index contributed by atoms with van der Waals surface area (Å²) in [5.41, 5.74) is 1.59. The van der Waals surface area contributed by atoms with E-state index in [0.29, 0.717) is 10.8 Å². The van der Waals surface area contributed by atoms with Crippen LogP contribution in [0.3, 0.4) is 0 Å². The third kappa shape index (κ3) is 1.75. The Morgan fingerprint density at radius 1 is 1.47 bits per heavy atom. The normalized spacial score (nSPS) is 10.5. The van der Waals surface area contributed by atoms with Gasteiger partial charge in [0.25, 0.3) is 0 Å². The van der Waals surface area contributed by atoms with E-state index in [1.165, 1.54) is 0 Å². The molecule has 0 fully saturated rings. The lowest BCUT2D eigenvalue weighted by Gasteiger charge is -1.95. The Hall–Kier alpha value is -0.990. The Bertz CT molecular complexity index is 554. The second kappa shape index (κ2) is 3.87. The molecule has 0 N–H and O–H groups in total. The molecule has 15 heavy (non-hydrogen) atoms. The van der Waals surface area contributed by atoms with E-state index in [1.807, 2.05) is 18.2 Å². The van der Waals surface area contributed by atoms with E-state index in [1.54, 1.807) is 6.08 Å². The molecule has 1 heterocycles. The number of hydrogen-bond acceptors (Lipinski definition) is 1. The molecule has 1 aromatic carbocycles. The number of benzene rings is 1. The standard InChI is InChI=1S/C12H8BrClO/c1-3-10-12(7(2)14)9-5-4-8(13)6-11(9)15-10/h3-6H,1-2H2. The van der Waals surface area contributed by atoms with E-state index in [-0.39, 0.29) is 0 Å². The van der Waals surface area contributed by atoms with Crippen molar-refractivity contribution in [2.45, 2.75) is 0 Å². The molecule has 0 aliphatic heterocycles. The van der Waals surface area contributed by atoms with Crippen LogP contribution < -0.4 is 0 Å². The van der Waals surface area contributed by atoms with Gasteiger partial charge in [0.05, 0.1) is 0 Å². The van der Waals surface area contributed by atoms with Crippen LogP contribution in [0.4, 0.5) is 0 Å². The van der Waals surface area contributed by atoms with Gasteiger partial charge in [-0.25, -0.2) is 0 Å². The molecule has 2 aromatic rings. The van der Waals surface area contributed by atoms with Gasteiger partial charge in [0.1, 0.15) is 11.3 Å². The van der Waals surface area contributed by atoms with Crippen molar-refractivity contribution in [1.29, 1.82) is 0 Å². The van der Waals surface area contributed by atoms with Crippen LogP contribution in [-0.4, -0.2) is 0 Å². The summed E-state index contributed by atoms with van der Waals surface area (Å²) in [5, 5.41) is 1.42. The van der Waals surface area contributed by atoms with Crippen molar-refractivity contribution >= 4 is 49.6 Å². The third-order valence-electron chi connectivity index (χ3n) is 2.14. The van der Waals surface area contributed by atoms with Crippen molar-refractivity contribution in [2.24, 2.45) is 0 Å². The molecule has 0 unspecified atom stereocenters. The monoisotopic (exact) mass is 282 g/mol. The van der Waals surface area contributed by atoms with Gasteiger partial charge in [-0.2, -0.15) is 0 Å². The van der Waals surface area contributed by atoms with Gasteiger partial charge in [0, 0.05) is 20.5 Å². The predicted molar refractivity (Wildman–Crippen MR) is 68.9 cm³/mol. The topological polar surface area (TPSA) is 13.1 Å². The van der Waals surface area contributed by atoms with Crippen LogP contribution in [-0.2, 0) is 0 Å². The lowest BCUT2D eigenvalue weighted by Crippen LogP contribution is -1.76. The van der Waals surface area contributed by atoms with Crippen molar-refractivity contribution in [3.8, 4) is 0 Å². The average molecular weight is 284 g/mol. The maximum Gasteiger partial charge on any atom is 0.136 e. The van der Waals surface area contributed by atoms with Gasteiger partial charge < -0.3 is 4.42 Å². The van der Waals surface area contributed by atoms with Crippen LogP contribution in [0.15, 0.2) is 40.2 Å². The molecule has 0 aliphatic rings. The summed E-state index contributed by atoms with van der Waals surface area (Å²) in [7, 11) is 0. The number of halogens is 2. The minimum absolute atomic E-state index is 0.464. The highest BCUT2D eigenvalue weighted by Gasteiger charge is 2.13. The molecular formula is C12H8BrClO. The van der Waals surface area contributed by atoms with Crippen molar-refractivity contribution in [3.05, 3.63) is 47.2 Å². The van der Waals surface area contributed by atoms with Crippen molar-refractivity contribution in [2.75, 3.05) is 0 Å². The summed E-state index contributed by atoms with van der Waals surface area (Å²) in [5.74, 6) is 0.656. The lowest BCUT2D eigenvalue weighted by molar-refractivity contribution is 0.603. The summed E-state index contributed by atoms with van der Waals surface area (Å²) >= 11 is 9.32. The van der Waals surface area contributed by atoms with Crippen LogP contribution >= 0.6 is 27.5 Å². The van der Waals surface area contributed by atoms with Gasteiger partial charge in [-0.05, 0) is 24.3 Å². The highest BCUT2D eigenvalue weighted by Crippen LogP contribution is 2.34. The smallest absolute Gasteiger partial charge is 0.136 e. The molecule has 0 aliphatic carbocycles. The largest absolute Gasteiger partial charge is 0.456 e. The molecule has 3 heteroatoms. The molecule has 0 radical (unpaired) electrons. The highest BCUT2D eigenvalue weighted by molar-refractivity contribution is 9.10. The van der Waals surface area contributed by atoms with Crippen LogP contribution in [0.5, 0.6) is 0 Å². The fraction of sp³-hybridized carbons (Fsp3) is 0. The molecule has 0 spiro atoms. The van der Waals surface area contributed by atoms with Gasteiger partial charge in [-0.15, -0.1) is 0 Å². The molecule has 76 valence electrons. The van der Waals surface area contributed by atoms with E-state index in [4.69, 9.17) is 16.0 Å². The zero-order chi connectivity index (χ0) is 11.0. The first-order chi connectivity index (χ1) is 7.13. The predicted octanol–water partition coefficient (Wildman–Crippen LogP) is 5.05. The number of rotatable bonds is 2. The van der Waals surface area contributed by atoms with Gasteiger partial charge >= 0.3 is 0 Å². The summed E-state index contributed by atoms with van der Waals surface area (Å²) in [6, 6.07) is 5.78. The first kappa shape index (κ1) is 10.5. The quantitative estimate of drug-likeness (QED) is 0.752. The molecule has 1 nitrogen and oxygen atoms in total. The van der Waals surface area contributed by atoms with Gasteiger partial charge in [0.15, 0.2) is 0 Å². The Morgan fingerprint density at radius 2 is 2.20 bits per heavy atom. The van der Waals surface area contributed by atoms with Gasteiger partial charge in [0.2, 0.25) is 0 Å². The fourth-order valence-corrected chi connectivity index (χ4v) is 2.05. The number of furan rings is 1. The fourth-order valence-electron chi connectivity index (χ4n) is 1.51. The van der Waals surface area contributed by atoms with E-state index in [9.17, 15) is 0 Å². The molecule has 0 saturated heterocycles. The Labute approximate surface area is 101 Å². The first-order valence-corrected chi connectivity index (χ1v) is 5.50. The lowest BCUT2D eigenvalue weighted by atomic mass is 10.1. The molecule has 0 bridgehead atoms. The zero-order valence-electron chi connectivity index (χ0n) is 7.89. The molecule has 2 rings (SSSR count). The number of fused-ring (bicyclic) bond motifs is 1. The van der Waals surface area contributed by atoms with Crippen LogP contribution in [0.2, 0.25) is 0 Å². The minimum atomic E-state index is 0.464. The van der Waals surface area contributed by atoms with Crippen molar-refractivity contribution in [3.63, 3.8) is 0 Å². The average Bonchev–Trinajstić information content (AvgIpc) is 2.54. The molecule has 1 aromatic heterocycles. The van der Waals surface area contributed by atoms with Gasteiger partial charge in [-0.1, -0.05) is 40.7 Å². The molecule has 0 saturated carbocycles. The SMILES string of the molecule is C=Cc1oc2cc(Br)ccc2c1C(=C)Cl. The zero-order valence-corrected chi connectivity index (χ0v) is 10.2. The minimum Gasteiger partial charge on any atom is -0.456 e. The summed E-state index contributed by atoms with van der Waals surface area (Å²) in [6.45, 7) is 7.41. The molecule has 0 amide bonds. The van der Waals surface area contributed by atoms with Crippen LogP contribution in [0.1, 0.15) is 11.3 Å². The summed E-state index contributed by atoms with van der Waals surface area (Å²) in [4.78, 5) is 0. The summed E-state index contributed by atoms with van der Waals surface area (Å²) in [6.07, 6.45) is 1.64. The number of hydrogen-bond donors (Lipinski definition) is 0. The first-order valence-electron chi connectivity index (χ1n) is 4.32.